The van der Waals surface area contributed by atoms with E-state index >= 15 is 0 Å². The predicted molar refractivity (Wildman–Crippen MR) is 169 cm³/mol. The molecule has 5 N–H and O–H groups in total. The molecule has 4 rings (SSSR count). The van der Waals surface area contributed by atoms with Crippen LogP contribution in [0.2, 0.25) is 0 Å². The third kappa shape index (κ3) is 7.05. The molecular weight excluding hydrogens is 526 g/mol. The van der Waals surface area contributed by atoms with Gasteiger partial charge in [0.05, 0.1) is 52.3 Å². The van der Waals surface area contributed by atoms with Crippen molar-refractivity contribution in [3.8, 4) is 6.07 Å². The topological polar surface area (TPSA) is 140 Å². The van der Waals surface area contributed by atoms with E-state index in [1.165, 1.54) is 5.01 Å². The smallest absolute Gasteiger partial charge is 0.255 e. The second-order valence-electron chi connectivity index (χ2n) is 12.2. The molecule has 0 unspecified atom stereocenters. The summed E-state index contributed by atoms with van der Waals surface area (Å²) in [4.78, 5) is 26.7. The summed E-state index contributed by atoms with van der Waals surface area (Å²) in [5, 5.41) is 13.7. The van der Waals surface area contributed by atoms with Crippen molar-refractivity contribution in [1.29, 1.82) is 5.26 Å². The highest BCUT2D eigenvalue weighted by Gasteiger charge is 2.26. The van der Waals surface area contributed by atoms with Crippen LogP contribution < -0.4 is 26.8 Å². The second kappa shape index (κ2) is 12.2. The van der Waals surface area contributed by atoms with Crippen molar-refractivity contribution >= 4 is 28.7 Å². The molecule has 0 bridgehead atoms. The van der Waals surface area contributed by atoms with E-state index in [9.17, 15) is 10.1 Å². The Labute approximate surface area is 248 Å². The number of piperazine rings is 1. The first-order chi connectivity index (χ1) is 19.8. The number of amides is 1. The maximum atomic E-state index is 13.0. The van der Waals surface area contributed by atoms with E-state index in [1.54, 1.807) is 42.9 Å². The molecule has 0 saturated carbocycles. The largest absolute Gasteiger partial charge is 0.397 e. The molecule has 3 heterocycles. The normalized spacial score (nSPS) is 14.8. The number of anilines is 3. The fraction of sp³-hybridized carbons (Fsp3) is 0.375. The van der Waals surface area contributed by atoms with E-state index in [0.29, 0.717) is 28.3 Å². The molecule has 220 valence electrons. The van der Waals surface area contributed by atoms with E-state index in [2.05, 4.69) is 51.9 Å². The molecule has 1 aliphatic heterocycles. The first-order valence-electron chi connectivity index (χ1n) is 14.0. The van der Waals surface area contributed by atoms with Crippen LogP contribution in [-0.4, -0.2) is 52.5 Å². The maximum absolute atomic E-state index is 13.0. The molecule has 1 aromatic carbocycles. The minimum absolute atomic E-state index is 0.150. The Bertz CT molecular complexity index is 1510. The summed E-state index contributed by atoms with van der Waals surface area (Å²) < 4.78 is 0. The Morgan fingerprint density at radius 3 is 2.43 bits per heavy atom. The number of carbonyl (C=O) groups is 1. The van der Waals surface area contributed by atoms with Gasteiger partial charge in [-0.25, -0.2) is 5.84 Å². The molecule has 0 radical (unpaired) electrons. The van der Waals surface area contributed by atoms with Crippen LogP contribution in [0.15, 0.2) is 61.2 Å². The Kier molecular flexibility index (Phi) is 8.85. The van der Waals surface area contributed by atoms with Gasteiger partial charge in [0.15, 0.2) is 0 Å². The van der Waals surface area contributed by atoms with Crippen LogP contribution in [0.4, 0.5) is 17.1 Å². The zero-order chi connectivity index (χ0) is 30.7. The van der Waals surface area contributed by atoms with Gasteiger partial charge in [0.25, 0.3) is 5.91 Å². The van der Waals surface area contributed by atoms with Crippen LogP contribution >= 0.6 is 0 Å². The van der Waals surface area contributed by atoms with Crippen LogP contribution in [0, 0.1) is 18.3 Å². The lowest BCUT2D eigenvalue weighted by atomic mass is 9.85. The molecular formula is C32H41N9O. The van der Waals surface area contributed by atoms with Gasteiger partial charge in [-0.1, -0.05) is 12.1 Å². The summed E-state index contributed by atoms with van der Waals surface area (Å²) in [6, 6.07) is 13.1. The monoisotopic (exact) mass is 567 g/mol. The van der Waals surface area contributed by atoms with Gasteiger partial charge in [-0.05, 0) is 71.4 Å². The van der Waals surface area contributed by atoms with Gasteiger partial charge in [0.1, 0.15) is 0 Å². The highest BCUT2D eigenvalue weighted by Crippen LogP contribution is 2.26. The third-order valence-corrected chi connectivity index (χ3v) is 7.65. The van der Waals surface area contributed by atoms with Crippen LogP contribution in [0.5, 0.6) is 0 Å². The molecule has 0 aliphatic carbocycles. The van der Waals surface area contributed by atoms with Crippen LogP contribution in [0.25, 0.3) is 5.70 Å². The van der Waals surface area contributed by atoms with Gasteiger partial charge >= 0.3 is 0 Å². The second-order valence-corrected chi connectivity index (χ2v) is 12.2. The third-order valence-electron chi connectivity index (χ3n) is 7.65. The van der Waals surface area contributed by atoms with Crippen molar-refractivity contribution in [3.05, 3.63) is 83.6 Å². The van der Waals surface area contributed by atoms with Crippen molar-refractivity contribution < 1.29 is 4.79 Å². The number of aromatic nitrogens is 2. The summed E-state index contributed by atoms with van der Waals surface area (Å²) in [5.41, 5.74) is 11.1. The number of nitriles is 1. The Balaban J connectivity index is 1.48. The fourth-order valence-electron chi connectivity index (χ4n) is 4.86. The summed E-state index contributed by atoms with van der Waals surface area (Å²) in [6.45, 7) is 16.0. The van der Waals surface area contributed by atoms with Crippen molar-refractivity contribution in [1.82, 2.24) is 14.9 Å². The Hall–Kier alpha value is -4.46. The standard InChI is InChI=1S/C32H41N9O/c1-22-29(16-26(18-37-22)38-30(42)23-8-7-9-25(14-23)32(5,6)21-33)41(35)20-28(34)24-15-27(19-36-17-24)39-10-12-40(13-11-39)31(2,3)4/h7-9,14-20H,10-13,34-35H2,1-6H3,(H,38,42)/b28-20-. The molecule has 2 aromatic heterocycles. The number of nitrogens with one attached hydrogen (secondary N) is 1. The molecule has 1 saturated heterocycles. The van der Waals surface area contributed by atoms with Gasteiger partial charge in [-0.3, -0.25) is 24.7 Å². The lowest BCUT2D eigenvalue weighted by Gasteiger charge is -2.43. The van der Waals surface area contributed by atoms with Crippen LogP contribution in [0.1, 0.15) is 61.8 Å². The molecule has 0 atom stereocenters. The molecule has 10 heteroatoms. The zero-order valence-electron chi connectivity index (χ0n) is 25.3. The van der Waals surface area contributed by atoms with Gasteiger partial charge in [-0.15, -0.1) is 0 Å². The molecule has 1 fully saturated rings. The first kappa shape index (κ1) is 30.5. The number of nitrogens with zero attached hydrogens (tertiary/aromatic N) is 6. The molecule has 1 amide bonds. The van der Waals surface area contributed by atoms with Crippen LogP contribution in [0.3, 0.4) is 0 Å². The number of hydrogen-bond acceptors (Lipinski definition) is 9. The van der Waals surface area contributed by atoms with Gasteiger partial charge in [0.2, 0.25) is 0 Å². The highest BCUT2D eigenvalue weighted by atomic mass is 16.1. The molecule has 42 heavy (non-hydrogen) atoms. The molecule has 3 aromatic rings. The van der Waals surface area contributed by atoms with E-state index in [4.69, 9.17) is 11.6 Å². The highest BCUT2D eigenvalue weighted by molar-refractivity contribution is 6.04. The molecule has 10 nitrogen and oxygen atoms in total. The SMILES string of the molecule is Cc1ncc(NC(=O)c2cccc(C(C)(C)C#N)c2)cc1N(N)/C=C(\N)c1cncc(N2CCN(C(C)(C)C)CC2)c1. The summed E-state index contributed by atoms with van der Waals surface area (Å²) in [6.07, 6.45) is 6.79. The van der Waals surface area contributed by atoms with Crippen molar-refractivity contribution in [3.63, 3.8) is 0 Å². The molecule has 1 aliphatic rings. The summed E-state index contributed by atoms with van der Waals surface area (Å²) in [7, 11) is 0. The minimum Gasteiger partial charge on any atom is -0.397 e. The Morgan fingerprint density at radius 1 is 1.05 bits per heavy atom. The number of aryl methyl sites for hydroxylation is 1. The van der Waals surface area contributed by atoms with Gasteiger partial charge in [-0.2, -0.15) is 5.26 Å². The van der Waals surface area contributed by atoms with E-state index in [0.717, 1.165) is 43.0 Å². The lowest BCUT2D eigenvalue weighted by Crippen LogP contribution is -2.53. The summed E-state index contributed by atoms with van der Waals surface area (Å²) >= 11 is 0. The van der Waals surface area contributed by atoms with E-state index < -0.39 is 5.41 Å². The number of benzene rings is 1. The Morgan fingerprint density at radius 2 is 1.76 bits per heavy atom. The zero-order valence-corrected chi connectivity index (χ0v) is 25.3. The van der Waals surface area contributed by atoms with Crippen molar-refractivity contribution in [2.45, 2.75) is 52.5 Å². The van der Waals surface area contributed by atoms with Crippen molar-refractivity contribution in [2.24, 2.45) is 11.6 Å². The first-order valence-corrected chi connectivity index (χ1v) is 14.0. The number of pyridine rings is 2. The predicted octanol–water partition coefficient (Wildman–Crippen LogP) is 4.40. The quantitative estimate of drug-likeness (QED) is 0.280. The van der Waals surface area contributed by atoms with Crippen molar-refractivity contribution in [2.75, 3.05) is 41.4 Å². The van der Waals surface area contributed by atoms with E-state index in [-0.39, 0.29) is 11.4 Å². The van der Waals surface area contributed by atoms with E-state index in [1.807, 2.05) is 39.1 Å². The number of hydrazine groups is 1. The van der Waals surface area contributed by atoms with Gasteiger partial charge < -0.3 is 16.0 Å². The average molecular weight is 568 g/mol. The molecule has 0 spiro atoms. The lowest BCUT2D eigenvalue weighted by molar-refractivity contribution is 0.102. The minimum atomic E-state index is -0.711. The average Bonchev–Trinajstić information content (AvgIpc) is 2.97. The summed E-state index contributed by atoms with van der Waals surface area (Å²) in [5.74, 6) is 6.11. The van der Waals surface area contributed by atoms with Crippen LogP contribution in [-0.2, 0) is 5.41 Å². The fourth-order valence-corrected chi connectivity index (χ4v) is 4.86. The maximum Gasteiger partial charge on any atom is 0.255 e. The number of carbonyl (C=O) groups excluding carboxylic acids is 1. The number of nitrogens with two attached hydrogens (primary N) is 2. The number of hydrogen-bond donors (Lipinski definition) is 3. The number of rotatable bonds is 7. The van der Waals surface area contributed by atoms with Gasteiger partial charge in [0, 0.05) is 55.2 Å².